The van der Waals surface area contributed by atoms with Gasteiger partial charge in [-0.25, -0.2) is 18.1 Å². The quantitative estimate of drug-likeness (QED) is 0.736. The molecule has 0 bridgehead atoms. The van der Waals surface area contributed by atoms with Gasteiger partial charge in [-0.1, -0.05) is 11.6 Å². The van der Waals surface area contributed by atoms with Gasteiger partial charge in [-0.05, 0) is 13.0 Å². The first-order valence-corrected chi connectivity index (χ1v) is 7.25. The number of pyridine rings is 1. The molecular formula is C10H16ClN3O3S. The van der Waals surface area contributed by atoms with Crippen LogP contribution in [0.15, 0.2) is 17.2 Å². The van der Waals surface area contributed by atoms with E-state index in [-0.39, 0.29) is 16.5 Å². The number of nitrogens with zero attached hydrogens (tertiary/aromatic N) is 1. The fourth-order valence-corrected chi connectivity index (χ4v) is 2.51. The molecule has 0 aliphatic heterocycles. The highest BCUT2D eigenvalue weighted by molar-refractivity contribution is 7.89. The summed E-state index contributed by atoms with van der Waals surface area (Å²) in [4.78, 5) is 4.00. The van der Waals surface area contributed by atoms with Crippen molar-refractivity contribution in [2.75, 3.05) is 32.1 Å². The maximum atomic E-state index is 11.8. The number of ether oxygens (including phenoxy) is 1. The minimum absolute atomic E-state index is 0.0326. The zero-order valence-corrected chi connectivity index (χ0v) is 11.8. The summed E-state index contributed by atoms with van der Waals surface area (Å²) in [5.41, 5.74) is 0. The fourth-order valence-electron chi connectivity index (χ4n) is 1.23. The molecule has 102 valence electrons. The summed E-state index contributed by atoms with van der Waals surface area (Å²) in [6.07, 6.45) is 1.26. The predicted molar refractivity (Wildman–Crippen MR) is 70.5 cm³/mol. The lowest BCUT2D eigenvalue weighted by molar-refractivity contribution is 0.204. The second-order valence-corrected chi connectivity index (χ2v) is 5.60. The van der Waals surface area contributed by atoms with Crippen molar-refractivity contribution in [3.63, 3.8) is 0 Å². The Hall–Kier alpha value is -0.890. The standard InChI is InChI=1S/C10H16ClN3O3S/c1-3-12-10-9(11)6-8(7-13-10)18(15,16)14-4-5-17-2/h6-7,14H,3-5H2,1-2H3,(H,12,13). The number of methoxy groups -OCH3 is 1. The largest absolute Gasteiger partial charge is 0.383 e. The summed E-state index contributed by atoms with van der Waals surface area (Å²) in [6, 6.07) is 1.36. The van der Waals surface area contributed by atoms with Crippen LogP contribution in [-0.4, -0.2) is 40.2 Å². The van der Waals surface area contributed by atoms with Gasteiger partial charge in [0.25, 0.3) is 0 Å². The van der Waals surface area contributed by atoms with Gasteiger partial charge in [0.05, 0.1) is 11.6 Å². The zero-order valence-electron chi connectivity index (χ0n) is 10.2. The molecule has 1 aromatic heterocycles. The predicted octanol–water partition coefficient (Wildman–Crippen LogP) is 1.09. The number of rotatable bonds is 7. The lowest BCUT2D eigenvalue weighted by Crippen LogP contribution is -2.27. The monoisotopic (exact) mass is 293 g/mol. The molecule has 0 spiro atoms. The molecule has 8 heteroatoms. The van der Waals surface area contributed by atoms with Gasteiger partial charge in [0.1, 0.15) is 10.7 Å². The molecule has 6 nitrogen and oxygen atoms in total. The number of aromatic nitrogens is 1. The molecule has 0 fully saturated rings. The number of hydrogen-bond acceptors (Lipinski definition) is 5. The number of hydrogen-bond donors (Lipinski definition) is 2. The Morgan fingerprint density at radius 3 is 2.78 bits per heavy atom. The van der Waals surface area contributed by atoms with Crippen LogP contribution >= 0.6 is 11.6 Å². The highest BCUT2D eigenvalue weighted by Gasteiger charge is 2.15. The molecule has 0 atom stereocenters. The Morgan fingerprint density at radius 1 is 1.50 bits per heavy atom. The molecule has 2 N–H and O–H groups in total. The van der Waals surface area contributed by atoms with Crippen LogP contribution in [-0.2, 0) is 14.8 Å². The second kappa shape index (κ2) is 6.89. The number of sulfonamides is 1. The van der Waals surface area contributed by atoms with E-state index in [1.54, 1.807) is 0 Å². The van der Waals surface area contributed by atoms with Crippen LogP contribution in [0.1, 0.15) is 6.92 Å². The molecule has 1 rings (SSSR count). The van der Waals surface area contributed by atoms with Crippen LogP contribution in [0.2, 0.25) is 5.02 Å². The first-order valence-electron chi connectivity index (χ1n) is 5.39. The maximum absolute atomic E-state index is 11.8. The summed E-state index contributed by atoms with van der Waals surface area (Å²) >= 11 is 5.93. The molecule has 1 aromatic rings. The Morgan fingerprint density at radius 2 is 2.22 bits per heavy atom. The maximum Gasteiger partial charge on any atom is 0.242 e. The first-order chi connectivity index (χ1) is 8.51. The molecule has 0 aromatic carbocycles. The van der Waals surface area contributed by atoms with E-state index in [0.29, 0.717) is 19.0 Å². The third-order valence-corrected chi connectivity index (χ3v) is 3.79. The van der Waals surface area contributed by atoms with Gasteiger partial charge in [0.15, 0.2) is 0 Å². The van der Waals surface area contributed by atoms with E-state index in [1.165, 1.54) is 19.4 Å². The smallest absolute Gasteiger partial charge is 0.242 e. The van der Waals surface area contributed by atoms with Gasteiger partial charge in [0.2, 0.25) is 10.0 Å². The van der Waals surface area contributed by atoms with E-state index >= 15 is 0 Å². The molecular weight excluding hydrogens is 278 g/mol. The minimum atomic E-state index is -3.59. The Balaban J connectivity index is 2.86. The number of nitrogens with one attached hydrogen (secondary N) is 2. The Kier molecular flexibility index (Phi) is 5.80. The highest BCUT2D eigenvalue weighted by Crippen LogP contribution is 2.22. The van der Waals surface area contributed by atoms with Crippen LogP contribution in [0, 0.1) is 0 Å². The number of halogens is 1. The molecule has 0 radical (unpaired) electrons. The van der Waals surface area contributed by atoms with E-state index < -0.39 is 10.0 Å². The lowest BCUT2D eigenvalue weighted by Gasteiger charge is -2.09. The van der Waals surface area contributed by atoms with Crippen molar-refractivity contribution in [1.29, 1.82) is 0 Å². The summed E-state index contributed by atoms with van der Waals surface area (Å²) in [7, 11) is -2.09. The van der Waals surface area contributed by atoms with Crippen molar-refractivity contribution in [2.45, 2.75) is 11.8 Å². The van der Waals surface area contributed by atoms with E-state index in [4.69, 9.17) is 16.3 Å². The van der Waals surface area contributed by atoms with Crippen molar-refractivity contribution >= 4 is 27.4 Å². The zero-order chi connectivity index (χ0) is 13.6. The van der Waals surface area contributed by atoms with Gasteiger partial charge in [-0.2, -0.15) is 0 Å². The molecule has 1 heterocycles. The van der Waals surface area contributed by atoms with Crippen molar-refractivity contribution in [3.05, 3.63) is 17.3 Å². The molecule has 0 saturated heterocycles. The van der Waals surface area contributed by atoms with Gasteiger partial charge in [-0.15, -0.1) is 0 Å². The van der Waals surface area contributed by atoms with Crippen molar-refractivity contribution in [3.8, 4) is 0 Å². The van der Waals surface area contributed by atoms with Gasteiger partial charge < -0.3 is 10.1 Å². The van der Waals surface area contributed by atoms with Crippen molar-refractivity contribution in [1.82, 2.24) is 9.71 Å². The molecule has 0 aliphatic carbocycles. The second-order valence-electron chi connectivity index (χ2n) is 3.42. The van der Waals surface area contributed by atoms with Crippen LogP contribution in [0.5, 0.6) is 0 Å². The average molecular weight is 294 g/mol. The Labute approximate surface area is 112 Å². The van der Waals surface area contributed by atoms with Gasteiger partial charge >= 0.3 is 0 Å². The van der Waals surface area contributed by atoms with E-state index in [0.717, 1.165) is 0 Å². The van der Waals surface area contributed by atoms with Crippen LogP contribution in [0.25, 0.3) is 0 Å². The SMILES string of the molecule is CCNc1ncc(S(=O)(=O)NCCOC)cc1Cl. The van der Waals surface area contributed by atoms with Crippen molar-refractivity contribution in [2.24, 2.45) is 0 Å². The molecule has 18 heavy (non-hydrogen) atoms. The normalized spacial score (nSPS) is 11.5. The summed E-state index contributed by atoms with van der Waals surface area (Å²) < 4.78 is 30.8. The average Bonchev–Trinajstić information content (AvgIpc) is 2.32. The van der Waals surface area contributed by atoms with Gasteiger partial charge in [-0.3, -0.25) is 0 Å². The Bertz CT molecular complexity index is 493. The fraction of sp³-hybridized carbons (Fsp3) is 0.500. The molecule has 0 amide bonds. The summed E-state index contributed by atoms with van der Waals surface area (Å²) in [5.74, 6) is 0.468. The van der Waals surface area contributed by atoms with E-state index in [2.05, 4.69) is 15.0 Å². The minimum Gasteiger partial charge on any atom is -0.383 e. The van der Waals surface area contributed by atoms with Crippen LogP contribution < -0.4 is 10.0 Å². The summed E-state index contributed by atoms with van der Waals surface area (Å²) in [5, 5.41) is 3.20. The molecule has 0 saturated carbocycles. The topological polar surface area (TPSA) is 80.3 Å². The van der Waals surface area contributed by atoms with Crippen LogP contribution in [0.3, 0.4) is 0 Å². The van der Waals surface area contributed by atoms with E-state index in [9.17, 15) is 8.42 Å². The molecule has 0 aliphatic rings. The van der Waals surface area contributed by atoms with E-state index in [1.807, 2.05) is 6.92 Å². The highest BCUT2D eigenvalue weighted by atomic mass is 35.5. The molecule has 0 unspecified atom stereocenters. The van der Waals surface area contributed by atoms with Crippen molar-refractivity contribution < 1.29 is 13.2 Å². The third-order valence-electron chi connectivity index (χ3n) is 2.07. The lowest BCUT2D eigenvalue weighted by atomic mass is 10.4. The van der Waals surface area contributed by atoms with Crippen LogP contribution in [0.4, 0.5) is 5.82 Å². The third kappa shape index (κ3) is 4.09. The summed E-state index contributed by atoms with van der Waals surface area (Å²) in [6.45, 7) is 3.06. The number of anilines is 1. The first kappa shape index (κ1) is 15.2. The van der Waals surface area contributed by atoms with Gasteiger partial charge in [0, 0.05) is 26.4 Å².